The summed E-state index contributed by atoms with van der Waals surface area (Å²) in [5, 5.41) is 10.1. The molecule has 0 aromatic heterocycles. The Hall–Kier alpha value is -2.14. The molecule has 0 aliphatic rings. The van der Waals surface area contributed by atoms with Crippen LogP contribution in [0.2, 0.25) is 0 Å². The lowest BCUT2D eigenvalue weighted by Gasteiger charge is -2.15. The van der Waals surface area contributed by atoms with Crippen LogP contribution in [0, 0.1) is 13.8 Å². The Labute approximate surface area is 141 Å². The molecule has 0 heterocycles. The van der Waals surface area contributed by atoms with Crippen LogP contribution in [0.15, 0.2) is 35.2 Å². The monoisotopic (exact) mass is 332 g/mol. The highest BCUT2D eigenvalue weighted by atomic mass is 32.1. The Balaban J connectivity index is 2.23. The van der Waals surface area contributed by atoms with Crippen molar-refractivity contribution in [2.24, 2.45) is 0 Å². The summed E-state index contributed by atoms with van der Waals surface area (Å²) in [4.78, 5) is 12.4. The predicted octanol–water partition coefficient (Wildman–Crippen LogP) is 3.59. The maximum Gasteiger partial charge on any atom is 0.309 e. The first-order valence-corrected chi connectivity index (χ1v) is 7.66. The summed E-state index contributed by atoms with van der Waals surface area (Å²) in [6.07, 6.45) is 0.0944. The van der Waals surface area contributed by atoms with Crippen LogP contribution in [0.1, 0.15) is 22.3 Å². The number of ether oxygens (including phenoxy) is 2. The van der Waals surface area contributed by atoms with E-state index in [0.717, 1.165) is 21.8 Å². The first kappa shape index (κ1) is 17.2. The highest BCUT2D eigenvalue weighted by Crippen LogP contribution is 2.28. The molecule has 0 unspecified atom stereocenters. The van der Waals surface area contributed by atoms with Crippen LogP contribution in [0.5, 0.6) is 11.5 Å². The van der Waals surface area contributed by atoms with Crippen LogP contribution < -0.4 is 4.74 Å². The number of carbonyl (C=O) groups is 1. The Morgan fingerprint density at radius 2 is 1.96 bits per heavy atom. The lowest BCUT2D eigenvalue weighted by Crippen LogP contribution is -2.09. The number of rotatable bonds is 5. The fourth-order valence-corrected chi connectivity index (χ4v) is 2.52. The molecule has 0 aliphatic carbocycles. The van der Waals surface area contributed by atoms with Crippen molar-refractivity contribution in [3.63, 3.8) is 0 Å². The van der Waals surface area contributed by atoms with Gasteiger partial charge in [-0.15, -0.1) is 12.6 Å². The van der Waals surface area contributed by atoms with Gasteiger partial charge in [-0.05, 0) is 48.7 Å². The molecule has 0 fully saturated rings. The second kappa shape index (κ2) is 7.42. The van der Waals surface area contributed by atoms with E-state index in [1.54, 1.807) is 18.2 Å². The van der Waals surface area contributed by atoms with E-state index in [1.807, 2.05) is 26.0 Å². The maximum atomic E-state index is 11.5. The Kier molecular flexibility index (Phi) is 5.55. The zero-order valence-electron chi connectivity index (χ0n) is 13.4. The van der Waals surface area contributed by atoms with Crippen molar-refractivity contribution in [2.45, 2.75) is 31.8 Å². The molecule has 0 bridgehead atoms. The minimum atomic E-state index is -0.358. The van der Waals surface area contributed by atoms with E-state index in [0.29, 0.717) is 11.1 Å². The van der Waals surface area contributed by atoms with E-state index >= 15 is 0 Å². The van der Waals surface area contributed by atoms with Gasteiger partial charge in [-0.3, -0.25) is 4.79 Å². The second-order valence-corrected chi connectivity index (χ2v) is 5.84. The van der Waals surface area contributed by atoms with Crippen LogP contribution in [-0.4, -0.2) is 18.2 Å². The number of esters is 1. The van der Waals surface area contributed by atoms with Gasteiger partial charge in [0.05, 0.1) is 13.5 Å². The number of phenols is 1. The van der Waals surface area contributed by atoms with Crippen LogP contribution in [-0.2, 0) is 22.6 Å². The van der Waals surface area contributed by atoms with E-state index in [9.17, 15) is 9.90 Å². The number of hydrogen-bond acceptors (Lipinski definition) is 5. The average molecular weight is 332 g/mol. The molecule has 2 rings (SSSR count). The van der Waals surface area contributed by atoms with Gasteiger partial charge in [0.1, 0.15) is 18.1 Å². The van der Waals surface area contributed by atoms with E-state index < -0.39 is 0 Å². The van der Waals surface area contributed by atoms with Crippen molar-refractivity contribution in [2.75, 3.05) is 7.11 Å². The molecular formula is C18H20O4S. The summed E-state index contributed by atoms with van der Waals surface area (Å²) in [5.74, 6) is 0.475. The van der Waals surface area contributed by atoms with Crippen LogP contribution >= 0.6 is 12.6 Å². The molecule has 0 saturated heterocycles. The molecule has 5 heteroatoms. The Morgan fingerprint density at radius 1 is 1.22 bits per heavy atom. The molecule has 2 aromatic carbocycles. The number of methoxy groups -OCH3 is 1. The molecule has 0 radical (unpaired) electrons. The normalized spacial score (nSPS) is 10.4. The van der Waals surface area contributed by atoms with Gasteiger partial charge in [0, 0.05) is 10.5 Å². The minimum Gasteiger partial charge on any atom is -0.508 e. The molecule has 0 atom stereocenters. The van der Waals surface area contributed by atoms with E-state index in [2.05, 4.69) is 17.4 Å². The van der Waals surface area contributed by atoms with Crippen molar-refractivity contribution in [1.29, 1.82) is 0 Å². The van der Waals surface area contributed by atoms with Gasteiger partial charge in [0.25, 0.3) is 0 Å². The molecule has 23 heavy (non-hydrogen) atoms. The smallest absolute Gasteiger partial charge is 0.309 e. The molecule has 1 N–H and O–H groups in total. The lowest BCUT2D eigenvalue weighted by molar-refractivity contribution is -0.139. The lowest BCUT2D eigenvalue weighted by atomic mass is 10.0. The third kappa shape index (κ3) is 4.20. The molecule has 0 saturated carbocycles. The second-order valence-electron chi connectivity index (χ2n) is 5.36. The number of phenolic OH excluding ortho intramolecular Hbond substituents is 1. The minimum absolute atomic E-state index is 0.0944. The molecular weight excluding hydrogens is 312 g/mol. The quantitative estimate of drug-likeness (QED) is 0.649. The first-order chi connectivity index (χ1) is 10.9. The zero-order chi connectivity index (χ0) is 17.0. The zero-order valence-corrected chi connectivity index (χ0v) is 14.3. The van der Waals surface area contributed by atoms with Crippen molar-refractivity contribution in [3.8, 4) is 11.5 Å². The standard InChI is InChI=1S/C18H20O4S/c1-11-8-17(23)12(2)7-16(11)22-10-14-13(9-18(20)21-3)5-4-6-15(14)19/h4-8,19,23H,9-10H2,1-3H3. The van der Waals surface area contributed by atoms with Crippen molar-refractivity contribution < 1.29 is 19.4 Å². The largest absolute Gasteiger partial charge is 0.508 e. The van der Waals surface area contributed by atoms with Gasteiger partial charge in [0.15, 0.2) is 0 Å². The number of thiol groups is 1. The first-order valence-electron chi connectivity index (χ1n) is 7.22. The third-order valence-corrected chi connectivity index (χ3v) is 4.16. The van der Waals surface area contributed by atoms with Gasteiger partial charge < -0.3 is 14.6 Å². The number of aromatic hydroxyl groups is 1. The summed E-state index contributed by atoms with van der Waals surface area (Å²) >= 11 is 4.39. The van der Waals surface area contributed by atoms with Crippen LogP contribution in [0.4, 0.5) is 0 Å². The van der Waals surface area contributed by atoms with Crippen molar-refractivity contribution in [3.05, 3.63) is 52.6 Å². The fraction of sp³-hybridized carbons (Fsp3) is 0.278. The molecule has 2 aromatic rings. The Bertz CT molecular complexity index is 725. The van der Waals surface area contributed by atoms with Gasteiger partial charge in [-0.2, -0.15) is 0 Å². The highest BCUT2D eigenvalue weighted by Gasteiger charge is 2.13. The van der Waals surface area contributed by atoms with Crippen molar-refractivity contribution in [1.82, 2.24) is 0 Å². The van der Waals surface area contributed by atoms with E-state index in [1.165, 1.54) is 7.11 Å². The summed E-state index contributed by atoms with van der Waals surface area (Å²) < 4.78 is 10.5. The number of benzene rings is 2. The van der Waals surface area contributed by atoms with E-state index in [-0.39, 0.29) is 24.7 Å². The number of carbonyl (C=O) groups excluding carboxylic acids is 1. The molecule has 0 aliphatic heterocycles. The summed E-state index contributed by atoms with van der Waals surface area (Å²) in [7, 11) is 1.34. The Morgan fingerprint density at radius 3 is 2.65 bits per heavy atom. The molecule has 122 valence electrons. The predicted molar refractivity (Wildman–Crippen MR) is 91.3 cm³/mol. The summed E-state index contributed by atoms with van der Waals surface area (Å²) in [6.45, 7) is 4.07. The fourth-order valence-electron chi connectivity index (χ4n) is 2.26. The number of aryl methyl sites for hydroxylation is 2. The van der Waals surface area contributed by atoms with Gasteiger partial charge in [-0.25, -0.2) is 0 Å². The van der Waals surface area contributed by atoms with Gasteiger partial charge in [0.2, 0.25) is 0 Å². The van der Waals surface area contributed by atoms with Crippen molar-refractivity contribution >= 4 is 18.6 Å². The maximum absolute atomic E-state index is 11.5. The van der Waals surface area contributed by atoms with E-state index in [4.69, 9.17) is 4.74 Å². The molecule has 4 nitrogen and oxygen atoms in total. The summed E-state index contributed by atoms with van der Waals surface area (Å²) in [5.41, 5.74) is 3.26. The topological polar surface area (TPSA) is 55.8 Å². The molecule has 0 amide bonds. The van der Waals surface area contributed by atoms with Gasteiger partial charge in [-0.1, -0.05) is 12.1 Å². The third-order valence-electron chi connectivity index (χ3n) is 3.68. The van der Waals surface area contributed by atoms with Crippen LogP contribution in [0.25, 0.3) is 0 Å². The van der Waals surface area contributed by atoms with Crippen LogP contribution in [0.3, 0.4) is 0 Å². The average Bonchev–Trinajstić information content (AvgIpc) is 2.51. The summed E-state index contributed by atoms with van der Waals surface area (Å²) in [6, 6.07) is 8.91. The number of hydrogen-bond donors (Lipinski definition) is 2. The van der Waals surface area contributed by atoms with Gasteiger partial charge >= 0.3 is 5.97 Å². The highest BCUT2D eigenvalue weighted by molar-refractivity contribution is 7.80. The molecule has 0 spiro atoms. The SMILES string of the molecule is COC(=O)Cc1cccc(O)c1COc1cc(C)c(S)cc1C.